The second-order valence-electron chi connectivity index (χ2n) is 16.5. The topological polar surface area (TPSA) is 86.6 Å². The number of halogens is 3. The molecular formula is C52H67Br3MgO7. The Balaban J connectivity index is 0.000000211. The van der Waals surface area contributed by atoms with Gasteiger partial charge in [0.25, 0.3) is 0 Å². The molecule has 3 heterocycles. The number of allylic oxidation sites excluding steroid dienone is 1. The SMILES string of the molecule is C1=COCCC1.Cc1cc(O)ccc1Br.Cc1cc(O)ccc1C1CC1.Cc1cc(OC2CCCCO2)ccc1Br.Cc1cc(OC2CCCCO2)ccc1C1CC1.[Br-].[CH-]1CC1.[Mg+2]. The van der Waals surface area contributed by atoms with E-state index in [1.54, 1.807) is 24.5 Å². The number of phenolic OH excluding ortho intramolecular Hbond substituents is 2. The van der Waals surface area contributed by atoms with Gasteiger partial charge in [0.1, 0.15) is 23.0 Å². The van der Waals surface area contributed by atoms with Crippen molar-refractivity contribution in [3.63, 3.8) is 0 Å². The van der Waals surface area contributed by atoms with Gasteiger partial charge in [-0.05, 0) is 204 Å². The molecule has 11 heteroatoms. The predicted molar refractivity (Wildman–Crippen MR) is 259 cm³/mol. The van der Waals surface area contributed by atoms with E-state index >= 15 is 0 Å². The van der Waals surface area contributed by atoms with Crippen LogP contribution in [0.1, 0.15) is 135 Å². The first kappa shape index (κ1) is 55.1. The Bertz CT molecular complexity index is 1930. The zero-order valence-electron chi connectivity index (χ0n) is 37.8. The van der Waals surface area contributed by atoms with Crippen molar-refractivity contribution in [1.82, 2.24) is 0 Å². The molecule has 10 rings (SSSR count). The summed E-state index contributed by atoms with van der Waals surface area (Å²) < 4.78 is 29.8. The monoisotopic (exact) mass is 1060 g/mol. The molecule has 4 aromatic rings. The van der Waals surface area contributed by atoms with Crippen LogP contribution < -0.4 is 26.5 Å². The van der Waals surface area contributed by atoms with E-state index in [0.29, 0.717) is 11.5 Å². The second-order valence-corrected chi connectivity index (χ2v) is 18.2. The fourth-order valence-electron chi connectivity index (χ4n) is 6.81. The quantitative estimate of drug-likeness (QED) is 0.147. The third-order valence-electron chi connectivity index (χ3n) is 10.7. The van der Waals surface area contributed by atoms with E-state index in [9.17, 15) is 0 Å². The first-order chi connectivity index (χ1) is 29.5. The molecule has 4 aromatic carbocycles. The molecule has 0 bridgehead atoms. The minimum absolute atomic E-state index is 0. The fourth-order valence-corrected chi connectivity index (χ4v) is 7.30. The number of ether oxygens (including phenoxy) is 5. The molecule has 0 radical (unpaired) electrons. The van der Waals surface area contributed by atoms with Gasteiger partial charge >= 0.3 is 23.1 Å². The zero-order chi connectivity index (χ0) is 43.4. The summed E-state index contributed by atoms with van der Waals surface area (Å²) >= 11 is 6.79. The molecule has 2 atom stereocenters. The first-order valence-electron chi connectivity index (χ1n) is 22.3. The van der Waals surface area contributed by atoms with Crippen LogP contribution in [0.5, 0.6) is 23.0 Å². The van der Waals surface area contributed by atoms with E-state index in [1.165, 1.54) is 98.4 Å². The zero-order valence-corrected chi connectivity index (χ0v) is 43.9. The third-order valence-corrected chi connectivity index (χ3v) is 12.5. The number of aryl methyl sites for hydroxylation is 4. The number of aromatic hydroxyl groups is 2. The molecule has 0 amide bonds. The van der Waals surface area contributed by atoms with Crippen LogP contribution in [0.15, 0.2) is 94.1 Å². The van der Waals surface area contributed by atoms with Crippen LogP contribution in [0.4, 0.5) is 0 Å². The minimum Gasteiger partial charge on any atom is -1.00 e. The van der Waals surface area contributed by atoms with Crippen LogP contribution in [-0.2, 0) is 14.2 Å². The molecule has 2 unspecified atom stereocenters. The maximum absolute atomic E-state index is 9.14. The van der Waals surface area contributed by atoms with Gasteiger partial charge in [-0.3, -0.25) is 0 Å². The van der Waals surface area contributed by atoms with Crippen molar-refractivity contribution in [2.45, 2.75) is 142 Å². The summed E-state index contributed by atoms with van der Waals surface area (Å²) in [4.78, 5) is 0. The molecule has 2 saturated heterocycles. The molecule has 2 N–H and O–H groups in total. The van der Waals surface area contributed by atoms with E-state index in [0.717, 1.165) is 76.9 Å². The Labute approximate surface area is 421 Å². The molecule has 3 saturated carbocycles. The summed E-state index contributed by atoms with van der Waals surface area (Å²) in [5.41, 5.74) is 7.75. The number of hydrogen-bond acceptors (Lipinski definition) is 7. The van der Waals surface area contributed by atoms with Gasteiger partial charge in [0.05, 0.1) is 26.1 Å². The summed E-state index contributed by atoms with van der Waals surface area (Å²) in [5, 5.41) is 18.1. The van der Waals surface area contributed by atoms with Gasteiger partial charge in [-0.15, -0.1) is 0 Å². The Hall–Kier alpha value is -2.25. The van der Waals surface area contributed by atoms with Gasteiger partial charge in [0.2, 0.25) is 0 Å². The Morgan fingerprint density at radius 2 is 1.00 bits per heavy atom. The van der Waals surface area contributed by atoms with Gasteiger partial charge in [-0.25, -0.2) is 12.8 Å². The van der Waals surface area contributed by atoms with E-state index < -0.39 is 0 Å². The van der Waals surface area contributed by atoms with Gasteiger partial charge in [0.15, 0.2) is 12.6 Å². The summed E-state index contributed by atoms with van der Waals surface area (Å²) in [7, 11) is 0. The van der Waals surface area contributed by atoms with Crippen LogP contribution in [0, 0.1) is 34.1 Å². The molecular weight excluding hydrogens is 1000 g/mol. The van der Waals surface area contributed by atoms with Crippen LogP contribution in [0.2, 0.25) is 0 Å². The summed E-state index contributed by atoms with van der Waals surface area (Å²) in [6.07, 6.45) is 23.2. The standard InChI is InChI=1S/C15H20O2.C12H15BrO2.C10H12O.C7H7BrO.C5H8O.C3H5.BrH.Mg/c1-11-10-13(7-8-14(11)12-5-6-12)17-15-4-2-3-9-16-15;1-9-8-10(5-6-11(9)13)15-12-4-2-3-7-14-12;1-7-6-9(11)4-5-10(7)8-2-3-8;1-5-4-6(9)2-3-7(5)8;1-2-4-6-5-3-1;1-2-3-1;;/h7-8,10,12,15H,2-6,9H2,1H3;5-6,8,12H,2-4,7H2,1H3;4-6,8,11H,2-3H2,1H3;2-4,9H,1H3;2,4H,1,3,5H2;1H,2-3H2;1H;/q;;;;;-1;;+2/p-1. The molecule has 0 aromatic heterocycles. The van der Waals surface area contributed by atoms with Gasteiger partial charge in [-0.2, -0.15) is 0 Å². The molecule has 340 valence electrons. The van der Waals surface area contributed by atoms with Crippen LogP contribution in [0.3, 0.4) is 0 Å². The van der Waals surface area contributed by atoms with Crippen molar-refractivity contribution < 1.29 is 50.9 Å². The van der Waals surface area contributed by atoms with Crippen LogP contribution >= 0.6 is 31.9 Å². The van der Waals surface area contributed by atoms with Crippen molar-refractivity contribution in [2.24, 2.45) is 0 Å². The Morgan fingerprint density at radius 1 is 0.556 bits per heavy atom. The van der Waals surface area contributed by atoms with Crippen LogP contribution in [-0.4, -0.2) is 65.7 Å². The number of rotatable bonds is 6. The summed E-state index contributed by atoms with van der Waals surface area (Å²) in [6.45, 7) is 10.8. The number of phenols is 2. The molecule has 63 heavy (non-hydrogen) atoms. The number of benzene rings is 4. The van der Waals surface area contributed by atoms with Gasteiger partial charge < -0.3 is 57.3 Å². The third kappa shape index (κ3) is 22.2. The number of hydrogen-bond donors (Lipinski definition) is 2. The van der Waals surface area contributed by atoms with Crippen molar-refractivity contribution in [3.8, 4) is 23.0 Å². The largest absolute Gasteiger partial charge is 2.00 e. The summed E-state index contributed by atoms with van der Waals surface area (Å²) in [6, 6.07) is 23.3. The molecule has 3 aliphatic carbocycles. The Kier molecular flexibility index (Phi) is 26.3. The van der Waals surface area contributed by atoms with E-state index in [-0.39, 0.29) is 52.6 Å². The first-order valence-corrected chi connectivity index (χ1v) is 23.9. The van der Waals surface area contributed by atoms with Crippen LogP contribution in [0.25, 0.3) is 0 Å². The average molecular weight is 1070 g/mol. The van der Waals surface area contributed by atoms with E-state index in [1.807, 2.05) is 49.4 Å². The van der Waals surface area contributed by atoms with Crippen molar-refractivity contribution in [1.29, 1.82) is 0 Å². The minimum atomic E-state index is -0.0562. The smallest absolute Gasteiger partial charge is 1.00 e. The summed E-state index contributed by atoms with van der Waals surface area (Å²) in [5.74, 6) is 4.15. The Morgan fingerprint density at radius 3 is 1.35 bits per heavy atom. The maximum Gasteiger partial charge on any atom is 2.00 e. The predicted octanol–water partition coefficient (Wildman–Crippen LogP) is 11.4. The fraction of sp³-hybridized carbons (Fsp3) is 0.481. The normalized spacial score (nSPS) is 19.1. The second kappa shape index (κ2) is 30.1. The van der Waals surface area contributed by atoms with Crippen molar-refractivity contribution in [2.75, 3.05) is 19.8 Å². The molecule has 0 spiro atoms. The maximum atomic E-state index is 9.14. The van der Waals surface area contributed by atoms with Gasteiger partial charge in [-0.1, -0.05) is 44.0 Å². The molecule has 5 fully saturated rings. The van der Waals surface area contributed by atoms with E-state index in [4.69, 9.17) is 33.9 Å². The average Bonchev–Trinajstić information content (AvgIpc) is 4.08. The van der Waals surface area contributed by atoms with Gasteiger partial charge in [0, 0.05) is 21.8 Å². The van der Waals surface area contributed by atoms with Crippen molar-refractivity contribution in [3.05, 3.63) is 134 Å². The van der Waals surface area contributed by atoms with E-state index in [2.05, 4.69) is 77.3 Å². The molecule has 7 nitrogen and oxygen atoms in total. The van der Waals surface area contributed by atoms with Crippen molar-refractivity contribution >= 4 is 54.9 Å². The molecule has 3 aliphatic heterocycles. The molecule has 6 aliphatic rings.